The summed E-state index contributed by atoms with van der Waals surface area (Å²) in [6, 6.07) is 3.19. The summed E-state index contributed by atoms with van der Waals surface area (Å²) < 4.78 is 0. The lowest BCUT2D eigenvalue weighted by atomic mass is 9.67. The van der Waals surface area contributed by atoms with Gasteiger partial charge in [0.1, 0.15) is 0 Å². The summed E-state index contributed by atoms with van der Waals surface area (Å²) in [5, 5.41) is 9.62. The van der Waals surface area contributed by atoms with Crippen molar-refractivity contribution in [1.82, 2.24) is 4.90 Å². The van der Waals surface area contributed by atoms with Crippen molar-refractivity contribution in [2.24, 2.45) is 29.1 Å². The molecule has 2 nitrogen and oxygen atoms in total. The highest BCUT2D eigenvalue weighted by Gasteiger charge is 2.41. The maximum atomic E-state index is 9.62. The molecule has 0 saturated heterocycles. The maximum absolute atomic E-state index is 9.62. The highest BCUT2D eigenvalue weighted by Crippen LogP contribution is 2.43. The van der Waals surface area contributed by atoms with Gasteiger partial charge in [-0.2, -0.15) is 5.26 Å². The average Bonchev–Trinajstić information content (AvgIpc) is 3.31. The third-order valence-corrected chi connectivity index (χ3v) is 6.06. The fourth-order valence-electron chi connectivity index (χ4n) is 4.10. The predicted molar refractivity (Wildman–Crippen MR) is 86.7 cm³/mol. The lowest BCUT2D eigenvalue weighted by molar-refractivity contribution is 0.0545. The lowest BCUT2D eigenvalue weighted by Gasteiger charge is -2.44. The molecule has 0 radical (unpaired) electrons. The summed E-state index contributed by atoms with van der Waals surface area (Å²) >= 11 is 0. The Morgan fingerprint density at radius 3 is 1.95 bits per heavy atom. The Hall–Kier alpha value is -0.550. The van der Waals surface area contributed by atoms with Crippen molar-refractivity contribution in [2.75, 3.05) is 13.1 Å². The molecule has 0 N–H and O–H groups in total. The first-order valence-corrected chi connectivity index (χ1v) is 9.11. The molecule has 3 aliphatic carbocycles. The van der Waals surface area contributed by atoms with Crippen LogP contribution in [0.1, 0.15) is 65.7 Å². The fourth-order valence-corrected chi connectivity index (χ4v) is 4.10. The Morgan fingerprint density at radius 2 is 1.52 bits per heavy atom. The smallest absolute Gasteiger partial charge is 0.0672 e. The van der Waals surface area contributed by atoms with E-state index in [0.29, 0.717) is 11.5 Å². The van der Waals surface area contributed by atoms with Crippen molar-refractivity contribution < 1.29 is 0 Å². The van der Waals surface area contributed by atoms with Crippen LogP contribution in [0.4, 0.5) is 0 Å². The highest BCUT2D eigenvalue weighted by molar-refractivity contribution is 5.01. The zero-order chi connectivity index (χ0) is 15.0. The zero-order valence-corrected chi connectivity index (χ0v) is 14.1. The van der Waals surface area contributed by atoms with Crippen LogP contribution in [-0.4, -0.2) is 24.0 Å². The van der Waals surface area contributed by atoms with Gasteiger partial charge in [0, 0.05) is 19.1 Å². The van der Waals surface area contributed by atoms with E-state index in [1.165, 1.54) is 51.6 Å². The van der Waals surface area contributed by atoms with Gasteiger partial charge < -0.3 is 0 Å². The summed E-state index contributed by atoms with van der Waals surface area (Å²) in [6.45, 7) is 9.70. The first kappa shape index (κ1) is 15.3. The van der Waals surface area contributed by atoms with Crippen molar-refractivity contribution >= 4 is 0 Å². The maximum Gasteiger partial charge on any atom is 0.0672 e. The van der Waals surface area contributed by atoms with Crippen LogP contribution < -0.4 is 0 Å². The number of hydrogen-bond acceptors (Lipinski definition) is 2. The van der Waals surface area contributed by atoms with Crippen molar-refractivity contribution in [3.8, 4) is 6.07 Å². The summed E-state index contributed by atoms with van der Waals surface area (Å²) in [4.78, 5) is 2.75. The molecule has 2 heteroatoms. The van der Waals surface area contributed by atoms with Crippen LogP contribution in [0.5, 0.6) is 0 Å². The minimum atomic E-state index is 0.279. The monoisotopic (exact) mass is 288 g/mol. The first-order valence-electron chi connectivity index (χ1n) is 9.11. The molecule has 0 amide bonds. The molecular weight excluding hydrogens is 256 g/mol. The third kappa shape index (κ3) is 4.01. The van der Waals surface area contributed by atoms with Crippen LogP contribution in [0.3, 0.4) is 0 Å². The Balaban J connectivity index is 1.70. The van der Waals surface area contributed by atoms with E-state index in [0.717, 1.165) is 24.2 Å². The zero-order valence-electron chi connectivity index (χ0n) is 14.1. The Kier molecular flexibility index (Phi) is 4.33. The molecule has 118 valence electrons. The normalized spacial score (nSPS) is 34.0. The molecule has 3 unspecified atom stereocenters. The van der Waals surface area contributed by atoms with Gasteiger partial charge in [-0.3, -0.25) is 4.90 Å². The van der Waals surface area contributed by atoms with Crippen LogP contribution >= 0.6 is 0 Å². The number of rotatable bonds is 5. The van der Waals surface area contributed by atoms with Gasteiger partial charge in [-0.15, -0.1) is 0 Å². The minimum absolute atomic E-state index is 0.279. The molecule has 0 aromatic rings. The molecule has 0 bridgehead atoms. The summed E-state index contributed by atoms with van der Waals surface area (Å²) in [6.07, 6.45) is 9.32. The van der Waals surface area contributed by atoms with Gasteiger partial charge in [-0.05, 0) is 68.1 Å². The van der Waals surface area contributed by atoms with E-state index < -0.39 is 0 Å². The number of nitrogens with zero attached hydrogens (tertiary/aromatic N) is 2. The molecular formula is C19H32N2. The predicted octanol–water partition coefficient (Wildman–Crippen LogP) is 4.46. The van der Waals surface area contributed by atoms with Crippen molar-refractivity contribution in [1.29, 1.82) is 5.26 Å². The van der Waals surface area contributed by atoms with Crippen LogP contribution in [0, 0.1) is 40.4 Å². The van der Waals surface area contributed by atoms with Crippen molar-refractivity contribution in [2.45, 2.75) is 71.8 Å². The minimum Gasteiger partial charge on any atom is -0.299 e. The molecule has 0 aliphatic heterocycles. The molecule has 21 heavy (non-hydrogen) atoms. The van der Waals surface area contributed by atoms with Crippen LogP contribution in [0.25, 0.3) is 0 Å². The average molecular weight is 288 g/mol. The summed E-state index contributed by atoms with van der Waals surface area (Å²) in [5.74, 6) is 2.95. The van der Waals surface area contributed by atoms with E-state index in [2.05, 4.69) is 31.7 Å². The van der Waals surface area contributed by atoms with Gasteiger partial charge in [0.25, 0.3) is 0 Å². The second-order valence-corrected chi connectivity index (χ2v) is 9.02. The summed E-state index contributed by atoms with van der Waals surface area (Å²) in [7, 11) is 0. The van der Waals surface area contributed by atoms with Crippen LogP contribution in [0.15, 0.2) is 0 Å². The topological polar surface area (TPSA) is 27.0 Å². The van der Waals surface area contributed by atoms with Gasteiger partial charge in [0.15, 0.2) is 0 Å². The van der Waals surface area contributed by atoms with E-state index in [9.17, 15) is 5.26 Å². The van der Waals surface area contributed by atoms with Gasteiger partial charge in [-0.1, -0.05) is 20.8 Å². The van der Waals surface area contributed by atoms with Crippen LogP contribution in [0.2, 0.25) is 0 Å². The number of nitriles is 1. The fraction of sp³-hybridized carbons (Fsp3) is 0.947. The summed E-state index contributed by atoms with van der Waals surface area (Å²) in [5.41, 5.74) is 0.392. The molecule has 0 aromatic carbocycles. The van der Waals surface area contributed by atoms with E-state index in [-0.39, 0.29) is 5.92 Å². The van der Waals surface area contributed by atoms with Crippen molar-refractivity contribution in [3.63, 3.8) is 0 Å². The number of hydrogen-bond donors (Lipinski definition) is 0. The Labute approximate surface area is 130 Å². The largest absolute Gasteiger partial charge is 0.299 e. The molecule has 3 atom stereocenters. The second kappa shape index (κ2) is 5.92. The first-order chi connectivity index (χ1) is 9.97. The SMILES string of the molecule is CC(C)(C)C1CCC(C#N)C(N(CC2CC2)CC2CC2)C1. The van der Waals surface area contributed by atoms with E-state index >= 15 is 0 Å². The molecule has 0 aromatic heterocycles. The van der Waals surface area contributed by atoms with Gasteiger partial charge in [-0.25, -0.2) is 0 Å². The molecule has 0 spiro atoms. The standard InChI is InChI=1S/C19H32N2/c1-19(2,3)17-9-8-16(11-20)18(10-17)21(12-14-4-5-14)13-15-6-7-15/h14-18H,4-10,12-13H2,1-3H3. The molecule has 3 rings (SSSR count). The van der Waals surface area contributed by atoms with Crippen molar-refractivity contribution in [3.05, 3.63) is 0 Å². The third-order valence-electron chi connectivity index (χ3n) is 6.06. The Morgan fingerprint density at radius 1 is 0.952 bits per heavy atom. The second-order valence-electron chi connectivity index (χ2n) is 9.02. The van der Waals surface area contributed by atoms with Gasteiger partial charge in [0.05, 0.1) is 12.0 Å². The molecule has 3 aliphatic rings. The Bertz CT molecular complexity index is 381. The lowest BCUT2D eigenvalue weighted by Crippen LogP contribution is -2.47. The quantitative estimate of drug-likeness (QED) is 0.746. The van der Waals surface area contributed by atoms with E-state index in [4.69, 9.17) is 0 Å². The molecule has 3 saturated carbocycles. The van der Waals surface area contributed by atoms with Gasteiger partial charge in [0.2, 0.25) is 0 Å². The van der Waals surface area contributed by atoms with E-state index in [1.807, 2.05) is 0 Å². The molecule has 3 fully saturated rings. The van der Waals surface area contributed by atoms with Crippen LogP contribution in [-0.2, 0) is 0 Å². The van der Waals surface area contributed by atoms with Gasteiger partial charge >= 0.3 is 0 Å². The highest BCUT2D eigenvalue weighted by atomic mass is 15.2. The van der Waals surface area contributed by atoms with E-state index in [1.54, 1.807) is 0 Å². The molecule has 0 heterocycles.